The van der Waals surface area contributed by atoms with E-state index < -0.39 is 0 Å². The molecule has 0 saturated carbocycles. The number of benzene rings is 1. The molecule has 22 heavy (non-hydrogen) atoms. The van der Waals surface area contributed by atoms with Crippen molar-refractivity contribution in [1.82, 2.24) is 9.97 Å². The molecule has 3 rings (SSSR count). The van der Waals surface area contributed by atoms with E-state index in [1.807, 2.05) is 0 Å². The molecule has 2 heterocycles. The van der Waals surface area contributed by atoms with Crippen LogP contribution in [0.4, 0.5) is 5.69 Å². The first-order chi connectivity index (χ1) is 10.8. The first-order valence-corrected chi connectivity index (χ1v) is 7.67. The summed E-state index contributed by atoms with van der Waals surface area (Å²) < 4.78 is 5.55. The van der Waals surface area contributed by atoms with Crippen molar-refractivity contribution in [3.63, 3.8) is 0 Å². The fraction of sp³-hybridized carbons (Fsp3) is 0.294. The molecule has 2 aromatic rings. The maximum atomic E-state index is 5.82. The van der Waals surface area contributed by atoms with Crippen LogP contribution in [-0.4, -0.2) is 30.2 Å². The van der Waals surface area contributed by atoms with Gasteiger partial charge in [0.2, 0.25) is 0 Å². The average Bonchev–Trinajstić information content (AvgIpc) is 2.58. The van der Waals surface area contributed by atoms with Crippen LogP contribution in [0.2, 0.25) is 5.02 Å². The number of hydrogen-bond donors (Lipinski definition) is 0. The Kier molecular flexibility index (Phi) is 4.59. The number of methoxy groups -OCH3 is 1. The predicted molar refractivity (Wildman–Crippen MR) is 88.8 cm³/mol. The van der Waals surface area contributed by atoms with Crippen LogP contribution in [0.15, 0.2) is 42.7 Å². The van der Waals surface area contributed by atoms with E-state index in [0.717, 1.165) is 36.6 Å². The number of anilines is 1. The zero-order chi connectivity index (χ0) is 15.4. The standard InChI is InChI=1S/C17H18ClN3O/c1-22-16-10-15(21-7-3-2-4-8-21)6-5-13(16)9-17-19-11-14(18)12-20-17/h2-3,5-6,10-12H,4,7-9H2,1H3. The monoisotopic (exact) mass is 315 g/mol. The van der Waals surface area contributed by atoms with Gasteiger partial charge < -0.3 is 9.64 Å². The molecule has 1 aliphatic rings. The summed E-state index contributed by atoms with van der Waals surface area (Å²) in [6, 6.07) is 6.31. The van der Waals surface area contributed by atoms with Crippen LogP contribution in [-0.2, 0) is 6.42 Å². The van der Waals surface area contributed by atoms with E-state index in [9.17, 15) is 0 Å². The van der Waals surface area contributed by atoms with E-state index in [1.54, 1.807) is 19.5 Å². The number of ether oxygens (including phenoxy) is 1. The van der Waals surface area contributed by atoms with Gasteiger partial charge in [0.25, 0.3) is 0 Å². The minimum Gasteiger partial charge on any atom is -0.496 e. The first kappa shape index (κ1) is 14.9. The molecule has 1 aromatic heterocycles. The van der Waals surface area contributed by atoms with Gasteiger partial charge in [-0.05, 0) is 12.5 Å². The molecule has 0 aliphatic carbocycles. The summed E-state index contributed by atoms with van der Waals surface area (Å²) >= 11 is 5.82. The SMILES string of the molecule is COc1cc(N2CC=CCC2)ccc1Cc1ncc(Cl)cn1. The van der Waals surface area contributed by atoms with Crippen LogP contribution in [0.1, 0.15) is 17.8 Å². The lowest BCUT2D eigenvalue weighted by atomic mass is 10.1. The largest absolute Gasteiger partial charge is 0.496 e. The summed E-state index contributed by atoms with van der Waals surface area (Å²) in [5.74, 6) is 1.60. The third-order valence-electron chi connectivity index (χ3n) is 3.72. The maximum Gasteiger partial charge on any atom is 0.132 e. The lowest BCUT2D eigenvalue weighted by molar-refractivity contribution is 0.410. The molecule has 114 valence electrons. The molecule has 0 spiro atoms. The molecule has 5 heteroatoms. The van der Waals surface area contributed by atoms with Gasteiger partial charge in [-0.2, -0.15) is 0 Å². The van der Waals surface area contributed by atoms with Gasteiger partial charge in [-0.15, -0.1) is 0 Å². The second kappa shape index (κ2) is 6.79. The number of halogens is 1. The van der Waals surface area contributed by atoms with Gasteiger partial charge in [-0.3, -0.25) is 0 Å². The van der Waals surface area contributed by atoms with Crippen molar-refractivity contribution < 1.29 is 4.74 Å². The van der Waals surface area contributed by atoms with E-state index in [0.29, 0.717) is 11.4 Å². The highest BCUT2D eigenvalue weighted by Gasteiger charge is 2.12. The summed E-state index contributed by atoms with van der Waals surface area (Å²) in [7, 11) is 1.70. The van der Waals surface area contributed by atoms with Crippen molar-refractivity contribution in [2.45, 2.75) is 12.8 Å². The second-order valence-corrected chi connectivity index (χ2v) is 5.63. The molecule has 0 unspecified atom stereocenters. The zero-order valence-electron chi connectivity index (χ0n) is 12.5. The summed E-state index contributed by atoms with van der Waals surface area (Å²) in [6.07, 6.45) is 9.37. The van der Waals surface area contributed by atoms with Crippen LogP contribution in [0, 0.1) is 0 Å². The Balaban J connectivity index is 1.82. The van der Waals surface area contributed by atoms with Gasteiger partial charge >= 0.3 is 0 Å². The molecule has 1 aliphatic heterocycles. The van der Waals surface area contributed by atoms with Crippen molar-refractivity contribution in [1.29, 1.82) is 0 Å². The van der Waals surface area contributed by atoms with Crippen LogP contribution in [0.3, 0.4) is 0 Å². The van der Waals surface area contributed by atoms with Crippen molar-refractivity contribution in [3.05, 3.63) is 59.2 Å². The van der Waals surface area contributed by atoms with E-state index in [2.05, 4.69) is 45.2 Å². The molecule has 0 bridgehead atoms. The minimum absolute atomic E-state index is 0.546. The summed E-state index contributed by atoms with van der Waals surface area (Å²) in [5.41, 5.74) is 2.25. The minimum atomic E-state index is 0.546. The highest BCUT2D eigenvalue weighted by Crippen LogP contribution is 2.28. The Hall–Kier alpha value is -2.07. The second-order valence-electron chi connectivity index (χ2n) is 5.20. The van der Waals surface area contributed by atoms with Crippen LogP contribution >= 0.6 is 11.6 Å². The Morgan fingerprint density at radius 1 is 1.23 bits per heavy atom. The van der Waals surface area contributed by atoms with E-state index in [4.69, 9.17) is 16.3 Å². The van der Waals surface area contributed by atoms with Gasteiger partial charge in [0.1, 0.15) is 11.6 Å². The quantitative estimate of drug-likeness (QED) is 0.809. The van der Waals surface area contributed by atoms with Gasteiger partial charge in [-0.1, -0.05) is 29.8 Å². The molecule has 0 atom stereocenters. The van der Waals surface area contributed by atoms with Crippen molar-refractivity contribution in [3.8, 4) is 5.75 Å². The molecule has 0 saturated heterocycles. The Morgan fingerprint density at radius 2 is 2.05 bits per heavy atom. The fourth-order valence-electron chi connectivity index (χ4n) is 2.55. The predicted octanol–water partition coefficient (Wildman–Crippen LogP) is 3.50. The van der Waals surface area contributed by atoms with Gasteiger partial charge in [0.15, 0.2) is 0 Å². The lowest BCUT2D eigenvalue weighted by Crippen LogP contribution is -2.26. The Bertz CT molecular complexity index is 670. The van der Waals surface area contributed by atoms with E-state index >= 15 is 0 Å². The number of hydrogen-bond acceptors (Lipinski definition) is 4. The smallest absolute Gasteiger partial charge is 0.132 e. The third kappa shape index (κ3) is 3.39. The highest BCUT2D eigenvalue weighted by atomic mass is 35.5. The van der Waals surface area contributed by atoms with Crippen molar-refractivity contribution in [2.75, 3.05) is 25.1 Å². The Morgan fingerprint density at radius 3 is 2.73 bits per heavy atom. The number of aromatic nitrogens is 2. The van der Waals surface area contributed by atoms with Gasteiger partial charge in [-0.25, -0.2) is 9.97 Å². The van der Waals surface area contributed by atoms with Crippen molar-refractivity contribution >= 4 is 17.3 Å². The molecule has 1 aromatic carbocycles. The molecular weight excluding hydrogens is 298 g/mol. The summed E-state index contributed by atoms with van der Waals surface area (Å²) in [4.78, 5) is 10.8. The first-order valence-electron chi connectivity index (χ1n) is 7.29. The Labute approximate surface area is 135 Å². The van der Waals surface area contributed by atoms with Crippen LogP contribution in [0.5, 0.6) is 5.75 Å². The van der Waals surface area contributed by atoms with Crippen LogP contribution in [0.25, 0.3) is 0 Å². The van der Waals surface area contributed by atoms with Gasteiger partial charge in [0, 0.05) is 49.2 Å². The van der Waals surface area contributed by atoms with Crippen molar-refractivity contribution in [2.24, 2.45) is 0 Å². The van der Waals surface area contributed by atoms with Crippen LogP contribution < -0.4 is 9.64 Å². The molecule has 0 amide bonds. The third-order valence-corrected chi connectivity index (χ3v) is 3.91. The topological polar surface area (TPSA) is 38.2 Å². The maximum absolute atomic E-state index is 5.82. The average molecular weight is 316 g/mol. The van der Waals surface area contributed by atoms with E-state index in [-0.39, 0.29) is 0 Å². The molecule has 0 radical (unpaired) electrons. The highest BCUT2D eigenvalue weighted by molar-refractivity contribution is 6.30. The normalized spacial score (nSPS) is 14.2. The molecule has 0 N–H and O–H groups in total. The number of rotatable bonds is 4. The number of nitrogens with zero attached hydrogens (tertiary/aromatic N) is 3. The summed E-state index contributed by atoms with van der Waals surface area (Å²) in [5, 5.41) is 0.546. The molecular formula is C17H18ClN3O. The van der Waals surface area contributed by atoms with E-state index in [1.165, 1.54) is 5.69 Å². The zero-order valence-corrected chi connectivity index (χ0v) is 13.3. The lowest BCUT2D eigenvalue weighted by Gasteiger charge is -2.26. The molecule has 0 fully saturated rings. The van der Waals surface area contributed by atoms with Gasteiger partial charge in [0.05, 0.1) is 12.1 Å². The fourth-order valence-corrected chi connectivity index (χ4v) is 2.65. The summed E-state index contributed by atoms with van der Waals surface area (Å²) in [6.45, 7) is 1.99. The molecule has 4 nitrogen and oxygen atoms in total.